The lowest BCUT2D eigenvalue weighted by Crippen LogP contribution is -2.23. The van der Waals surface area contributed by atoms with Gasteiger partial charge in [0.2, 0.25) is 9.76 Å². The Morgan fingerprint density at radius 1 is 1.09 bits per heavy atom. The van der Waals surface area contributed by atoms with Crippen molar-refractivity contribution >= 4 is 15.7 Å². The Balaban J connectivity index is 3.37. The van der Waals surface area contributed by atoms with E-state index in [2.05, 4.69) is 26.0 Å². The van der Waals surface area contributed by atoms with Crippen molar-refractivity contribution in [1.82, 2.24) is 0 Å². The summed E-state index contributed by atoms with van der Waals surface area (Å²) in [7, 11) is -0.730. The minimum absolute atomic E-state index is 0.00922. The first kappa shape index (κ1) is 21.4. The summed E-state index contributed by atoms with van der Waals surface area (Å²) in [5.41, 5.74) is 0.00922. The molecule has 0 rings (SSSR count). The maximum absolute atomic E-state index is 11.7. The predicted molar refractivity (Wildman–Crippen MR) is 96.7 cm³/mol. The van der Waals surface area contributed by atoms with Crippen LogP contribution in [0.4, 0.5) is 0 Å². The molecule has 0 amide bonds. The van der Waals surface area contributed by atoms with E-state index in [0.29, 0.717) is 6.42 Å². The Bertz CT molecular complexity index is 280. The first-order chi connectivity index (χ1) is 10.7. The maximum Gasteiger partial charge on any atom is 0.305 e. The van der Waals surface area contributed by atoms with Crippen LogP contribution in [0.3, 0.4) is 0 Å². The minimum Gasteiger partial charge on any atom is -0.464 e. The van der Waals surface area contributed by atoms with E-state index in [9.17, 15) is 4.79 Å². The van der Waals surface area contributed by atoms with E-state index in [4.69, 9.17) is 9.16 Å². The molecule has 0 bridgehead atoms. The molecule has 0 aliphatic rings. The van der Waals surface area contributed by atoms with E-state index < -0.39 is 9.76 Å². The Labute approximate surface area is 139 Å². The highest BCUT2D eigenvalue weighted by atomic mass is 28.2. The second-order valence-electron chi connectivity index (χ2n) is 5.96. The summed E-state index contributed by atoms with van der Waals surface area (Å²) in [6.45, 7) is 7.04. The number of carbonyl (C=O) groups excluding carboxylic acids is 1. The number of rotatable bonds is 15. The van der Waals surface area contributed by atoms with Crippen LogP contribution >= 0.6 is 0 Å². The summed E-state index contributed by atoms with van der Waals surface area (Å²) in [5, 5.41) is 0. The lowest BCUT2D eigenvalue weighted by Gasteiger charge is -2.13. The van der Waals surface area contributed by atoms with Crippen LogP contribution in [0, 0.1) is 0 Å². The fourth-order valence-corrected chi connectivity index (χ4v) is 3.21. The SMILES string of the molecule is CC=CCCCCCCCC(=O)OC(C)[SiH2]OCCCCC. The highest BCUT2D eigenvalue weighted by Crippen LogP contribution is 2.08. The molecule has 0 aliphatic heterocycles. The molecule has 0 fully saturated rings. The normalized spacial score (nSPS) is 13.2. The van der Waals surface area contributed by atoms with Crippen molar-refractivity contribution in [2.45, 2.75) is 90.7 Å². The lowest BCUT2D eigenvalue weighted by molar-refractivity contribution is -0.145. The summed E-state index contributed by atoms with van der Waals surface area (Å²) in [5.74, 6) is -0.0499. The molecule has 0 aromatic rings. The van der Waals surface area contributed by atoms with E-state index in [-0.39, 0.29) is 11.7 Å². The highest BCUT2D eigenvalue weighted by molar-refractivity contribution is 6.29. The van der Waals surface area contributed by atoms with Crippen LogP contribution in [0.25, 0.3) is 0 Å². The Kier molecular flexibility index (Phi) is 16.3. The molecule has 130 valence electrons. The molecule has 1 unspecified atom stereocenters. The number of carbonyl (C=O) groups is 1. The smallest absolute Gasteiger partial charge is 0.305 e. The van der Waals surface area contributed by atoms with Crippen LogP contribution in [-0.4, -0.2) is 28.1 Å². The molecule has 3 nitrogen and oxygen atoms in total. The lowest BCUT2D eigenvalue weighted by atomic mass is 10.1. The van der Waals surface area contributed by atoms with Crippen LogP contribution in [0.15, 0.2) is 12.2 Å². The van der Waals surface area contributed by atoms with Crippen LogP contribution in [0.5, 0.6) is 0 Å². The number of hydrogen-bond donors (Lipinski definition) is 0. The summed E-state index contributed by atoms with van der Waals surface area (Å²) < 4.78 is 11.0. The molecule has 0 aromatic heterocycles. The van der Waals surface area contributed by atoms with Gasteiger partial charge in [-0.1, -0.05) is 51.2 Å². The summed E-state index contributed by atoms with van der Waals surface area (Å²) in [6.07, 6.45) is 15.4. The van der Waals surface area contributed by atoms with Crippen molar-refractivity contribution in [3.8, 4) is 0 Å². The van der Waals surface area contributed by atoms with Crippen LogP contribution in [-0.2, 0) is 14.0 Å². The van der Waals surface area contributed by atoms with E-state index in [0.717, 1.165) is 25.9 Å². The van der Waals surface area contributed by atoms with Crippen molar-refractivity contribution in [3.05, 3.63) is 12.2 Å². The second-order valence-corrected chi connectivity index (χ2v) is 7.85. The van der Waals surface area contributed by atoms with Gasteiger partial charge in [-0.05, 0) is 39.5 Å². The average Bonchev–Trinajstić information content (AvgIpc) is 2.49. The molecule has 0 spiro atoms. The van der Waals surface area contributed by atoms with E-state index in [1.54, 1.807) is 0 Å². The molecular formula is C18H36O3Si. The van der Waals surface area contributed by atoms with Gasteiger partial charge in [-0.2, -0.15) is 0 Å². The molecule has 0 heterocycles. The monoisotopic (exact) mass is 328 g/mol. The van der Waals surface area contributed by atoms with Crippen LogP contribution < -0.4 is 0 Å². The third-order valence-corrected chi connectivity index (χ3v) is 4.73. The molecule has 4 heteroatoms. The fourth-order valence-electron chi connectivity index (χ4n) is 2.25. The number of hydrogen-bond acceptors (Lipinski definition) is 3. The van der Waals surface area contributed by atoms with Crippen molar-refractivity contribution in [2.75, 3.05) is 6.61 Å². The van der Waals surface area contributed by atoms with Gasteiger partial charge in [0.1, 0.15) is 5.73 Å². The third-order valence-electron chi connectivity index (χ3n) is 3.56. The van der Waals surface area contributed by atoms with Gasteiger partial charge in [0.15, 0.2) is 0 Å². The van der Waals surface area contributed by atoms with E-state index in [1.807, 2.05) is 6.92 Å². The molecular weight excluding hydrogens is 292 g/mol. The standard InChI is InChI=1S/C18H36O3Si/c1-4-6-8-9-10-11-12-13-15-18(19)21-17(3)22-20-16-14-7-5-2/h4,6,17H,5,7-16,22H2,1-3H3. The zero-order valence-electron chi connectivity index (χ0n) is 14.9. The van der Waals surface area contributed by atoms with Crippen LogP contribution in [0.1, 0.15) is 85.0 Å². The van der Waals surface area contributed by atoms with Gasteiger partial charge >= 0.3 is 5.97 Å². The predicted octanol–water partition coefficient (Wildman–Crippen LogP) is 4.47. The zero-order chi connectivity index (χ0) is 16.5. The second kappa shape index (κ2) is 16.8. The summed E-state index contributed by atoms with van der Waals surface area (Å²) in [4.78, 5) is 11.7. The number of esters is 1. The van der Waals surface area contributed by atoms with Crippen molar-refractivity contribution in [1.29, 1.82) is 0 Å². The van der Waals surface area contributed by atoms with Crippen molar-refractivity contribution < 1.29 is 14.0 Å². The number of unbranched alkanes of at least 4 members (excludes halogenated alkanes) is 7. The van der Waals surface area contributed by atoms with Crippen LogP contribution in [0.2, 0.25) is 0 Å². The van der Waals surface area contributed by atoms with E-state index in [1.165, 1.54) is 38.5 Å². The third kappa shape index (κ3) is 15.8. The molecule has 0 N–H and O–H groups in total. The van der Waals surface area contributed by atoms with Gasteiger partial charge in [-0.3, -0.25) is 4.79 Å². The molecule has 0 aromatic carbocycles. The largest absolute Gasteiger partial charge is 0.464 e. The van der Waals surface area contributed by atoms with Gasteiger partial charge in [-0.25, -0.2) is 0 Å². The summed E-state index contributed by atoms with van der Waals surface area (Å²) in [6, 6.07) is 0. The van der Waals surface area contributed by atoms with Gasteiger partial charge in [0.05, 0.1) is 0 Å². The Hall–Kier alpha value is -0.613. The van der Waals surface area contributed by atoms with Gasteiger partial charge in [0.25, 0.3) is 0 Å². The first-order valence-corrected chi connectivity index (χ1v) is 10.5. The number of ether oxygens (including phenoxy) is 1. The molecule has 0 saturated heterocycles. The topological polar surface area (TPSA) is 35.5 Å². The number of allylic oxidation sites excluding steroid dienone is 2. The van der Waals surface area contributed by atoms with Gasteiger partial charge < -0.3 is 9.16 Å². The molecule has 22 heavy (non-hydrogen) atoms. The highest BCUT2D eigenvalue weighted by Gasteiger charge is 2.10. The Morgan fingerprint density at radius 3 is 2.55 bits per heavy atom. The first-order valence-electron chi connectivity index (χ1n) is 9.09. The van der Waals surface area contributed by atoms with Crippen molar-refractivity contribution in [2.24, 2.45) is 0 Å². The quantitative estimate of drug-likeness (QED) is 0.192. The molecule has 0 aliphatic carbocycles. The average molecular weight is 329 g/mol. The summed E-state index contributed by atoms with van der Waals surface area (Å²) >= 11 is 0. The Morgan fingerprint density at radius 2 is 1.82 bits per heavy atom. The maximum atomic E-state index is 11.7. The van der Waals surface area contributed by atoms with E-state index >= 15 is 0 Å². The van der Waals surface area contributed by atoms with Gasteiger partial charge in [0, 0.05) is 13.0 Å². The zero-order valence-corrected chi connectivity index (χ0v) is 16.4. The minimum atomic E-state index is -0.730. The fraction of sp³-hybridized carbons (Fsp3) is 0.833. The molecule has 1 atom stereocenters. The van der Waals surface area contributed by atoms with Gasteiger partial charge in [-0.15, -0.1) is 0 Å². The van der Waals surface area contributed by atoms with Crippen molar-refractivity contribution in [3.63, 3.8) is 0 Å². The molecule has 0 saturated carbocycles. The molecule has 0 radical (unpaired) electrons.